The Balaban J connectivity index is 2.55. The average Bonchev–Trinajstić information content (AvgIpc) is 2.39. The van der Waals surface area contributed by atoms with Crippen molar-refractivity contribution in [2.45, 2.75) is 0 Å². The van der Waals surface area contributed by atoms with E-state index in [1.54, 1.807) is 33.2 Å². The Morgan fingerprint density at radius 3 is 2.32 bits per heavy atom. The predicted octanol–water partition coefficient (Wildman–Crippen LogP) is 1.41. The maximum atomic E-state index is 11.6. The van der Waals surface area contributed by atoms with Crippen molar-refractivity contribution >= 4 is 28.9 Å². The molecular formula is C13H19N3O2S. The van der Waals surface area contributed by atoms with Gasteiger partial charge in [-0.1, -0.05) is 0 Å². The van der Waals surface area contributed by atoms with Crippen molar-refractivity contribution in [1.82, 2.24) is 9.80 Å². The molecule has 19 heavy (non-hydrogen) atoms. The molecule has 0 radical (unpaired) electrons. The van der Waals surface area contributed by atoms with Gasteiger partial charge >= 0.3 is 0 Å². The molecule has 0 bridgehead atoms. The molecule has 5 nitrogen and oxygen atoms in total. The molecule has 0 fully saturated rings. The molecule has 0 atom stereocenters. The third-order valence-corrected chi connectivity index (χ3v) is 2.97. The molecule has 1 rings (SSSR count). The molecule has 0 aliphatic heterocycles. The summed E-state index contributed by atoms with van der Waals surface area (Å²) in [6.45, 7) is 0.245. The van der Waals surface area contributed by atoms with Gasteiger partial charge in [-0.3, -0.25) is 4.79 Å². The first-order chi connectivity index (χ1) is 8.93. The predicted molar refractivity (Wildman–Crippen MR) is 80.5 cm³/mol. The zero-order chi connectivity index (χ0) is 14.4. The normalized spacial score (nSPS) is 9.68. The van der Waals surface area contributed by atoms with E-state index in [2.05, 4.69) is 5.32 Å². The van der Waals surface area contributed by atoms with Gasteiger partial charge in [0.1, 0.15) is 5.75 Å². The Labute approximate surface area is 119 Å². The Bertz CT molecular complexity index is 446. The summed E-state index contributed by atoms with van der Waals surface area (Å²) >= 11 is 5.24. The molecule has 0 aliphatic rings. The molecule has 0 saturated carbocycles. The fraction of sp³-hybridized carbons (Fsp3) is 0.385. The van der Waals surface area contributed by atoms with E-state index in [1.165, 1.54) is 4.90 Å². The highest BCUT2D eigenvalue weighted by atomic mass is 32.1. The first-order valence-electron chi connectivity index (χ1n) is 5.80. The molecular weight excluding hydrogens is 262 g/mol. The Morgan fingerprint density at radius 2 is 1.84 bits per heavy atom. The number of carbonyl (C=O) groups excluding carboxylic acids is 1. The van der Waals surface area contributed by atoms with Crippen LogP contribution in [0.25, 0.3) is 0 Å². The van der Waals surface area contributed by atoms with Gasteiger partial charge < -0.3 is 19.9 Å². The monoisotopic (exact) mass is 281 g/mol. The van der Waals surface area contributed by atoms with E-state index in [1.807, 2.05) is 24.3 Å². The lowest BCUT2D eigenvalue weighted by Crippen LogP contribution is -2.39. The van der Waals surface area contributed by atoms with Crippen molar-refractivity contribution in [2.24, 2.45) is 0 Å². The van der Waals surface area contributed by atoms with Crippen LogP contribution in [0.1, 0.15) is 0 Å². The average molecular weight is 281 g/mol. The number of thiocarbonyl (C=S) groups is 1. The number of likely N-dealkylation sites (N-methyl/N-ethyl adjacent to an activating group) is 2. The fourth-order valence-electron chi connectivity index (χ4n) is 1.31. The summed E-state index contributed by atoms with van der Waals surface area (Å²) in [6, 6.07) is 7.42. The third kappa shape index (κ3) is 4.75. The summed E-state index contributed by atoms with van der Waals surface area (Å²) in [5.74, 6) is 0.786. The van der Waals surface area contributed by atoms with Crippen LogP contribution in [0.15, 0.2) is 24.3 Å². The summed E-state index contributed by atoms with van der Waals surface area (Å²) in [4.78, 5) is 14.8. The highest BCUT2D eigenvalue weighted by Gasteiger charge is 2.11. The minimum absolute atomic E-state index is 0.00128. The number of amides is 1. The van der Waals surface area contributed by atoms with Gasteiger partial charge in [-0.25, -0.2) is 0 Å². The smallest absolute Gasteiger partial charge is 0.241 e. The number of ether oxygens (including phenoxy) is 1. The molecule has 0 unspecified atom stereocenters. The number of methoxy groups -OCH3 is 1. The number of hydrogen-bond acceptors (Lipinski definition) is 3. The fourth-order valence-corrected chi connectivity index (χ4v) is 1.49. The first-order valence-corrected chi connectivity index (χ1v) is 6.21. The lowest BCUT2D eigenvalue weighted by molar-refractivity contribution is -0.128. The van der Waals surface area contributed by atoms with Crippen molar-refractivity contribution < 1.29 is 9.53 Å². The molecule has 1 amide bonds. The van der Waals surface area contributed by atoms with E-state index >= 15 is 0 Å². The Kier molecular flexibility index (Phi) is 5.57. The van der Waals surface area contributed by atoms with Gasteiger partial charge in [-0.05, 0) is 36.5 Å². The van der Waals surface area contributed by atoms with E-state index in [0.29, 0.717) is 5.11 Å². The molecule has 1 aromatic rings. The summed E-state index contributed by atoms with van der Waals surface area (Å²) < 4.78 is 5.08. The summed E-state index contributed by atoms with van der Waals surface area (Å²) in [5.41, 5.74) is 0.856. The van der Waals surface area contributed by atoms with Gasteiger partial charge in [0, 0.05) is 26.8 Å². The number of hydrogen-bond donors (Lipinski definition) is 1. The second-order valence-electron chi connectivity index (χ2n) is 4.30. The second kappa shape index (κ2) is 6.94. The van der Waals surface area contributed by atoms with Gasteiger partial charge in [0.05, 0.1) is 13.7 Å². The molecule has 0 saturated heterocycles. The molecule has 0 heterocycles. The van der Waals surface area contributed by atoms with Crippen LogP contribution < -0.4 is 10.1 Å². The minimum atomic E-state index is 0.00128. The summed E-state index contributed by atoms with van der Waals surface area (Å²) in [7, 11) is 6.83. The van der Waals surface area contributed by atoms with E-state index < -0.39 is 0 Å². The SMILES string of the molecule is COc1ccc(NC(=S)N(C)CC(=O)N(C)C)cc1. The molecule has 0 aromatic heterocycles. The van der Waals surface area contributed by atoms with Gasteiger partial charge in [-0.2, -0.15) is 0 Å². The van der Waals surface area contributed by atoms with E-state index in [0.717, 1.165) is 11.4 Å². The third-order valence-electron chi connectivity index (χ3n) is 2.56. The standard InChI is InChI=1S/C13H19N3O2S/c1-15(2)12(17)9-16(3)13(19)14-10-5-7-11(18-4)8-6-10/h5-8H,9H2,1-4H3,(H,14,19). The number of rotatable bonds is 4. The molecule has 104 valence electrons. The summed E-state index contributed by atoms with van der Waals surface area (Å²) in [6.07, 6.45) is 0. The maximum absolute atomic E-state index is 11.6. The zero-order valence-electron chi connectivity index (χ0n) is 11.6. The van der Waals surface area contributed by atoms with Crippen LogP contribution in [0.4, 0.5) is 5.69 Å². The lowest BCUT2D eigenvalue weighted by atomic mass is 10.3. The van der Waals surface area contributed by atoms with Gasteiger partial charge in [0.2, 0.25) is 5.91 Å². The highest BCUT2D eigenvalue weighted by Crippen LogP contribution is 2.15. The second-order valence-corrected chi connectivity index (χ2v) is 4.69. The van der Waals surface area contributed by atoms with Gasteiger partial charge in [0.15, 0.2) is 5.11 Å². The number of benzene rings is 1. The minimum Gasteiger partial charge on any atom is -0.497 e. The molecule has 1 N–H and O–H groups in total. The Morgan fingerprint density at radius 1 is 1.26 bits per heavy atom. The van der Waals surface area contributed by atoms with Crippen LogP contribution in [0, 0.1) is 0 Å². The van der Waals surface area contributed by atoms with Crippen molar-refractivity contribution in [3.05, 3.63) is 24.3 Å². The van der Waals surface area contributed by atoms with E-state index in [4.69, 9.17) is 17.0 Å². The van der Waals surface area contributed by atoms with Gasteiger partial charge in [-0.15, -0.1) is 0 Å². The molecule has 1 aromatic carbocycles. The van der Waals surface area contributed by atoms with Crippen LogP contribution in [0.3, 0.4) is 0 Å². The largest absolute Gasteiger partial charge is 0.497 e. The molecule has 0 spiro atoms. The van der Waals surface area contributed by atoms with E-state index in [9.17, 15) is 4.79 Å². The molecule has 6 heteroatoms. The highest BCUT2D eigenvalue weighted by molar-refractivity contribution is 7.80. The quantitative estimate of drug-likeness (QED) is 0.846. The number of nitrogens with one attached hydrogen (secondary N) is 1. The van der Waals surface area contributed by atoms with Crippen LogP contribution in [0.2, 0.25) is 0 Å². The van der Waals surface area contributed by atoms with Crippen molar-refractivity contribution in [1.29, 1.82) is 0 Å². The number of anilines is 1. The summed E-state index contributed by atoms with van der Waals surface area (Å²) in [5, 5.41) is 3.57. The maximum Gasteiger partial charge on any atom is 0.241 e. The van der Waals surface area contributed by atoms with Crippen molar-refractivity contribution in [2.75, 3.05) is 40.1 Å². The van der Waals surface area contributed by atoms with Gasteiger partial charge in [0.25, 0.3) is 0 Å². The number of nitrogens with zero attached hydrogens (tertiary/aromatic N) is 2. The number of carbonyl (C=O) groups is 1. The van der Waals surface area contributed by atoms with Crippen LogP contribution in [0.5, 0.6) is 5.75 Å². The van der Waals surface area contributed by atoms with Crippen LogP contribution in [-0.2, 0) is 4.79 Å². The lowest BCUT2D eigenvalue weighted by Gasteiger charge is -2.22. The van der Waals surface area contributed by atoms with Crippen LogP contribution in [-0.4, -0.2) is 55.6 Å². The molecule has 0 aliphatic carbocycles. The Hall–Kier alpha value is -1.82. The van der Waals surface area contributed by atoms with Crippen LogP contribution >= 0.6 is 12.2 Å². The van der Waals surface area contributed by atoms with Crippen molar-refractivity contribution in [3.63, 3.8) is 0 Å². The van der Waals surface area contributed by atoms with Crippen molar-refractivity contribution in [3.8, 4) is 5.75 Å². The van der Waals surface area contributed by atoms with E-state index in [-0.39, 0.29) is 12.5 Å². The first kappa shape index (κ1) is 15.2. The topological polar surface area (TPSA) is 44.8 Å². The zero-order valence-corrected chi connectivity index (χ0v) is 12.5.